The molecule has 0 aromatic heterocycles. The highest BCUT2D eigenvalue weighted by Gasteiger charge is 2.37. The molecule has 0 spiro atoms. The van der Waals surface area contributed by atoms with Gasteiger partial charge in [0.25, 0.3) is 0 Å². The Hall–Kier alpha value is -1.73. The Bertz CT molecular complexity index is 481. The van der Waals surface area contributed by atoms with Gasteiger partial charge in [-0.2, -0.15) is 0 Å². The van der Waals surface area contributed by atoms with E-state index in [0.29, 0.717) is 26.2 Å². The first-order chi connectivity index (χ1) is 11.3. The van der Waals surface area contributed by atoms with Crippen LogP contribution < -0.4 is 5.32 Å². The Labute approximate surface area is 140 Å². The van der Waals surface area contributed by atoms with Crippen LogP contribution in [0.2, 0.25) is 0 Å². The number of piperazine rings is 1. The number of rotatable bonds is 4. The summed E-state index contributed by atoms with van der Waals surface area (Å²) in [5.41, 5.74) is 0. The predicted octanol–water partition coefficient (Wildman–Crippen LogP) is 1.01. The van der Waals surface area contributed by atoms with Crippen LogP contribution in [0.15, 0.2) is 0 Å². The molecule has 2 fully saturated rings. The monoisotopic (exact) mass is 345 g/mol. The summed E-state index contributed by atoms with van der Waals surface area (Å²) in [6.45, 7) is 3.80. The summed E-state index contributed by atoms with van der Waals surface area (Å²) in [6.07, 6.45) is 0.0865. The summed E-state index contributed by atoms with van der Waals surface area (Å²) < 4.78 is 26.2. The Morgan fingerprint density at radius 3 is 2.12 bits per heavy atom. The normalized spacial score (nSPS) is 21.5. The van der Waals surface area contributed by atoms with Crippen LogP contribution in [0.3, 0.4) is 0 Å². The first kappa shape index (κ1) is 18.6. The van der Waals surface area contributed by atoms with Crippen molar-refractivity contribution >= 4 is 17.7 Å². The number of hydrogen-bond donors (Lipinski definition) is 1. The number of nitrogens with zero attached hydrogens (tertiary/aromatic N) is 2. The van der Waals surface area contributed by atoms with Gasteiger partial charge >= 0.3 is 0 Å². The lowest BCUT2D eigenvalue weighted by Crippen LogP contribution is -2.50. The van der Waals surface area contributed by atoms with Crippen LogP contribution >= 0.6 is 0 Å². The molecule has 1 aliphatic heterocycles. The lowest BCUT2D eigenvalue weighted by atomic mass is 9.86. The van der Waals surface area contributed by atoms with Crippen molar-refractivity contribution in [1.29, 1.82) is 0 Å². The molecule has 1 saturated heterocycles. The summed E-state index contributed by atoms with van der Waals surface area (Å²) in [5.74, 6) is -3.31. The Balaban J connectivity index is 1.64. The van der Waals surface area contributed by atoms with Gasteiger partial charge in [0.05, 0.1) is 0 Å². The summed E-state index contributed by atoms with van der Waals surface area (Å²) in [7, 11) is 0. The van der Waals surface area contributed by atoms with Gasteiger partial charge in [-0.15, -0.1) is 0 Å². The third kappa shape index (κ3) is 5.14. The van der Waals surface area contributed by atoms with Crippen LogP contribution in [0.1, 0.15) is 39.0 Å². The SMILES string of the molecule is CC(=O)N1CCN(C(=O)CCNC(=O)C2CCC(F)(F)CC2)CC1. The second-order valence-corrected chi connectivity index (χ2v) is 6.56. The number of halogens is 2. The van der Waals surface area contributed by atoms with Gasteiger partial charge in [0.15, 0.2) is 0 Å². The second-order valence-electron chi connectivity index (χ2n) is 6.56. The molecule has 8 heteroatoms. The van der Waals surface area contributed by atoms with Crippen molar-refractivity contribution in [2.24, 2.45) is 5.92 Å². The third-order valence-corrected chi connectivity index (χ3v) is 4.80. The zero-order chi connectivity index (χ0) is 17.7. The van der Waals surface area contributed by atoms with Gasteiger partial charge in [0, 0.05) is 64.8 Å². The molecular weight excluding hydrogens is 320 g/mol. The molecule has 2 aliphatic rings. The minimum absolute atomic E-state index is 0.00687. The number of amides is 3. The van der Waals surface area contributed by atoms with Gasteiger partial charge in [0.2, 0.25) is 23.6 Å². The molecule has 0 aromatic rings. The highest BCUT2D eigenvalue weighted by Crippen LogP contribution is 2.36. The van der Waals surface area contributed by atoms with E-state index in [1.807, 2.05) is 0 Å². The molecule has 136 valence electrons. The summed E-state index contributed by atoms with van der Waals surface area (Å²) in [5, 5.41) is 2.68. The number of carbonyl (C=O) groups is 3. The molecular formula is C16H25F2N3O3. The smallest absolute Gasteiger partial charge is 0.248 e. The topological polar surface area (TPSA) is 69.7 Å². The molecule has 2 rings (SSSR count). The zero-order valence-electron chi connectivity index (χ0n) is 14.0. The molecule has 1 N–H and O–H groups in total. The maximum atomic E-state index is 13.1. The minimum atomic E-state index is -2.64. The van der Waals surface area contributed by atoms with E-state index in [4.69, 9.17) is 0 Å². The molecule has 1 saturated carbocycles. The molecule has 0 bridgehead atoms. The lowest BCUT2D eigenvalue weighted by molar-refractivity contribution is -0.138. The maximum Gasteiger partial charge on any atom is 0.248 e. The summed E-state index contributed by atoms with van der Waals surface area (Å²) in [4.78, 5) is 38.7. The van der Waals surface area contributed by atoms with Crippen molar-refractivity contribution in [1.82, 2.24) is 15.1 Å². The number of hydrogen-bond acceptors (Lipinski definition) is 3. The van der Waals surface area contributed by atoms with Gasteiger partial charge in [-0.25, -0.2) is 8.78 Å². The predicted molar refractivity (Wildman–Crippen MR) is 83.4 cm³/mol. The fourth-order valence-electron chi connectivity index (χ4n) is 3.17. The number of nitrogens with one attached hydrogen (secondary N) is 1. The Morgan fingerprint density at radius 2 is 1.58 bits per heavy atom. The highest BCUT2D eigenvalue weighted by molar-refractivity contribution is 5.81. The maximum absolute atomic E-state index is 13.1. The van der Waals surface area contributed by atoms with Crippen LogP contribution in [-0.2, 0) is 14.4 Å². The molecule has 0 atom stereocenters. The van der Waals surface area contributed by atoms with Crippen LogP contribution in [0, 0.1) is 5.92 Å². The summed E-state index contributed by atoms with van der Waals surface area (Å²) >= 11 is 0. The van der Waals surface area contributed by atoms with E-state index >= 15 is 0 Å². The van der Waals surface area contributed by atoms with Crippen LogP contribution in [0.25, 0.3) is 0 Å². The minimum Gasteiger partial charge on any atom is -0.355 e. The van der Waals surface area contributed by atoms with Crippen molar-refractivity contribution in [3.8, 4) is 0 Å². The second kappa shape index (κ2) is 7.90. The quantitative estimate of drug-likeness (QED) is 0.827. The molecule has 1 heterocycles. The van der Waals surface area contributed by atoms with Gasteiger partial charge in [-0.1, -0.05) is 0 Å². The molecule has 0 aromatic carbocycles. The van der Waals surface area contributed by atoms with E-state index in [0.717, 1.165) is 0 Å². The molecule has 6 nitrogen and oxygen atoms in total. The molecule has 1 aliphatic carbocycles. The van der Waals surface area contributed by atoms with Crippen molar-refractivity contribution in [3.63, 3.8) is 0 Å². The van der Waals surface area contributed by atoms with Crippen molar-refractivity contribution in [3.05, 3.63) is 0 Å². The van der Waals surface area contributed by atoms with E-state index in [1.54, 1.807) is 9.80 Å². The third-order valence-electron chi connectivity index (χ3n) is 4.80. The van der Waals surface area contributed by atoms with E-state index in [9.17, 15) is 23.2 Å². The molecule has 24 heavy (non-hydrogen) atoms. The van der Waals surface area contributed by atoms with Crippen LogP contribution in [-0.4, -0.2) is 66.2 Å². The zero-order valence-corrected chi connectivity index (χ0v) is 14.0. The largest absolute Gasteiger partial charge is 0.355 e. The van der Waals surface area contributed by atoms with Gasteiger partial charge in [-0.05, 0) is 12.8 Å². The molecule has 0 unspecified atom stereocenters. The first-order valence-electron chi connectivity index (χ1n) is 8.47. The summed E-state index contributed by atoms with van der Waals surface area (Å²) in [6, 6.07) is 0. The molecule has 3 amide bonds. The first-order valence-corrected chi connectivity index (χ1v) is 8.47. The van der Waals surface area contributed by atoms with Crippen LogP contribution in [0.5, 0.6) is 0 Å². The van der Waals surface area contributed by atoms with E-state index in [1.165, 1.54) is 6.92 Å². The van der Waals surface area contributed by atoms with Crippen molar-refractivity contribution in [2.75, 3.05) is 32.7 Å². The van der Waals surface area contributed by atoms with Gasteiger partial charge in [-0.3, -0.25) is 14.4 Å². The van der Waals surface area contributed by atoms with Crippen molar-refractivity contribution in [2.45, 2.75) is 45.0 Å². The van der Waals surface area contributed by atoms with Gasteiger partial charge < -0.3 is 15.1 Å². The van der Waals surface area contributed by atoms with E-state index in [2.05, 4.69) is 5.32 Å². The van der Waals surface area contributed by atoms with E-state index in [-0.39, 0.29) is 62.3 Å². The lowest BCUT2D eigenvalue weighted by Gasteiger charge is -2.34. The fourth-order valence-corrected chi connectivity index (χ4v) is 3.17. The number of alkyl halides is 2. The Morgan fingerprint density at radius 1 is 1.04 bits per heavy atom. The fraction of sp³-hybridized carbons (Fsp3) is 0.812. The average Bonchev–Trinajstić information content (AvgIpc) is 2.54. The average molecular weight is 345 g/mol. The molecule has 0 radical (unpaired) electrons. The Kier molecular flexibility index (Phi) is 6.12. The number of carbonyl (C=O) groups excluding carboxylic acids is 3. The van der Waals surface area contributed by atoms with Crippen molar-refractivity contribution < 1.29 is 23.2 Å². The standard InChI is InChI=1S/C16H25F2N3O3/c1-12(22)20-8-10-21(11-9-20)14(23)4-7-19-15(24)13-2-5-16(17,18)6-3-13/h13H,2-11H2,1H3,(H,19,24). The van der Waals surface area contributed by atoms with Gasteiger partial charge in [0.1, 0.15) is 0 Å². The van der Waals surface area contributed by atoms with Crippen LogP contribution in [0.4, 0.5) is 8.78 Å². The highest BCUT2D eigenvalue weighted by atomic mass is 19.3. The van der Waals surface area contributed by atoms with E-state index < -0.39 is 5.92 Å².